The number of rotatable bonds is 2. The number of nitrogens with one attached hydrogen (secondary N) is 1. The lowest BCUT2D eigenvalue weighted by Gasteiger charge is -2.01. The first-order chi connectivity index (χ1) is 6.36. The van der Waals surface area contributed by atoms with E-state index in [1.165, 1.54) is 0 Å². The lowest BCUT2D eigenvalue weighted by atomic mass is 10.2. The summed E-state index contributed by atoms with van der Waals surface area (Å²) in [5.41, 5.74) is 2.75. The van der Waals surface area contributed by atoms with Gasteiger partial charge in [0.05, 0.1) is 24.0 Å². The van der Waals surface area contributed by atoms with Gasteiger partial charge in [0.2, 0.25) is 0 Å². The highest BCUT2D eigenvalue weighted by Gasteiger charge is 2.06. The highest BCUT2D eigenvalue weighted by molar-refractivity contribution is 7.98. The highest BCUT2D eigenvalue weighted by atomic mass is 32.2. The third-order valence-corrected chi connectivity index (χ3v) is 2.80. The molecule has 1 aromatic carbocycles. The van der Waals surface area contributed by atoms with E-state index in [0.717, 1.165) is 21.5 Å². The number of hydrogen-bond donors (Lipinski definition) is 2. The molecular formula is C9H10N2OS. The van der Waals surface area contributed by atoms with E-state index in [9.17, 15) is 0 Å². The number of aliphatic hydroxyl groups is 1. The van der Waals surface area contributed by atoms with Crippen LogP contribution in [0, 0.1) is 0 Å². The van der Waals surface area contributed by atoms with Crippen LogP contribution in [-0.2, 0) is 6.61 Å². The van der Waals surface area contributed by atoms with Crippen LogP contribution in [0.3, 0.4) is 0 Å². The maximum atomic E-state index is 9.06. The minimum Gasteiger partial charge on any atom is -0.392 e. The summed E-state index contributed by atoms with van der Waals surface area (Å²) in [6, 6.07) is 3.91. The van der Waals surface area contributed by atoms with Gasteiger partial charge in [0.15, 0.2) is 0 Å². The minimum absolute atomic E-state index is 0.0377. The van der Waals surface area contributed by atoms with Gasteiger partial charge in [-0.3, -0.25) is 0 Å². The zero-order chi connectivity index (χ0) is 9.26. The maximum absolute atomic E-state index is 9.06. The molecule has 2 N–H and O–H groups in total. The summed E-state index contributed by atoms with van der Waals surface area (Å²) in [6.07, 6.45) is 3.68. The van der Waals surface area contributed by atoms with Crippen LogP contribution in [0.15, 0.2) is 23.4 Å². The van der Waals surface area contributed by atoms with Gasteiger partial charge in [0, 0.05) is 10.5 Å². The molecule has 0 unspecified atom stereocenters. The molecule has 0 spiro atoms. The van der Waals surface area contributed by atoms with Crippen LogP contribution in [-0.4, -0.2) is 21.3 Å². The Morgan fingerprint density at radius 2 is 2.38 bits per heavy atom. The molecule has 0 aliphatic heterocycles. The number of imidazole rings is 1. The van der Waals surface area contributed by atoms with Crippen molar-refractivity contribution in [3.8, 4) is 0 Å². The molecule has 3 nitrogen and oxygen atoms in total. The van der Waals surface area contributed by atoms with Crippen LogP contribution in [0.2, 0.25) is 0 Å². The summed E-state index contributed by atoms with van der Waals surface area (Å²) in [5, 5.41) is 9.06. The summed E-state index contributed by atoms with van der Waals surface area (Å²) < 4.78 is 0. The zero-order valence-corrected chi connectivity index (χ0v) is 8.06. The molecule has 0 saturated heterocycles. The van der Waals surface area contributed by atoms with E-state index in [0.29, 0.717) is 0 Å². The Morgan fingerprint density at radius 1 is 1.54 bits per heavy atom. The fourth-order valence-corrected chi connectivity index (χ4v) is 1.93. The average Bonchev–Trinajstić information content (AvgIpc) is 2.64. The van der Waals surface area contributed by atoms with Crippen molar-refractivity contribution in [3.63, 3.8) is 0 Å². The maximum Gasteiger partial charge on any atom is 0.0949 e. The van der Waals surface area contributed by atoms with Gasteiger partial charge in [-0.1, -0.05) is 6.07 Å². The second kappa shape index (κ2) is 3.40. The first-order valence-corrected chi connectivity index (χ1v) is 5.19. The lowest BCUT2D eigenvalue weighted by Crippen LogP contribution is -1.86. The van der Waals surface area contributed by atoms with Crippen molar-refractivity contribution in [3.05, 3.63) is 24.0 Å². The number of aliphatic hydroxyl groups excluding tert-OH is 1. The van der Waals surface area contributed by atoms with Gasteiger partial charge in [-0.25, -0.2) is 4.98 Å². The van der Waals surface area contributed by atoms with Gasteiger partial charge in [0.25, 0.3) is 0 Å². The first-order valence-electron chi connectivity index (χ1n) is 3.96. The van der Waals surface area contributed by atoms with Crippen molar-refractivity contribution in [2.45, 2.75) is 11.5 Å². The molecule has 0 bridgehead atoms. The molecule has 0 fully saturated rings. The Kier molecular flexibility index (Phi) is 2.24. The van der Waals surface area contributed by atoms with E-state index < -0.39 is 0 Å². The third kappa shape index (κ3) is 1.32. The molecular weight excluding hydrogens is 184 g/mol. The minimum atomic E-state index is 0.0377. The van der Waals surface area contributed by atoms with Gasteiger partial charge in [-0.2, -0.15) is 0 Å². The zero-order valence-electron chi connectivity index (χ0n) is 7.24. The van der Waals surface area contributed by atoms with Crippen molar-refractivity contribution in [1.82, 2.24) is 9.97 Å². The quantitative estimate of drug-likeness (QED) is 0.716. The normalized spacial score (nSPS) is 10.9. The van der Waals surface area contributed by atoms with Gasteiger partial charge < -0.3 is 10.1 Å². The van der Waals surface area contributed by atoms with E-state index in [2.05, 4.69) is 9.97 Å². The molecule has 0 aliphatic rings. The van der Waals surface area contributed by atoms with Crippen LogP contribution in [0.25, 0.3) is 11.0 Å². The van der Waals surface area contributed by atoms with Crippen LogP contribution >= 0.6 is 11.8 Å². The van der Waals surface area contributed by atoms with Gasteiger partial charge in [-0.05, 0) is 12.3 Å². The first kappa shape index (κ1) is 8.59. The van der Waals surface area contributed by atoms with E-state index in [1.807, 2.05) is 18.4 Å². The highest BCUT2D eigenvalue weighted by Crippen LogP contribution is 2.26. The number of hydrogen-bond acceptors (Lipinski definition) is 3. The van der Waals surface area contributed by atoms with Crippen LogP contribution < -0.4 is 0 Å². The average molecular weight is 194 g/mol. The fraction of sp³-hybridized carbons (Fsp3) is 0.222. The number of aromatic nitrogens is 2. The topological polar surface area (TPSA) is 48.9 Å². The Bertz CT molecular complexity index is 386. The van der Waals surface area contributed by atoms with Crippen LogP contribution in [0.1, 0.15) is 5.56 Å². The summed E-state index contributed by atoms with van der Waals surface area (Å²) in [5.74, 6) is 0. The van der Waals surface area contributed by atoms with Crippen LogP contribution in [0.5, 0.6) is 0 Å². The molecule has 0 aliphatic carbocycles. The SMILES string of the molecule is CSc1ccc(CO)c2nc[nH]c12. The molecule has 0 amide bonds. The molecule has 1 heterocycles. The number of nitrogens with zero attached hydrogens (tertiary/aromatic N) is 1. The lowest BCUT2D eigenvalue weighted by molar-refractivity contribution is 0.283. The molecule has 4 heteroatoms. The fourth-order valence-electron chi connectivity index (χ4n) is 1.36. The standard InChI is InChI=1S/C9H10N2OS/c1-13-7-3-2-6(4-12)8-9(7)11-5-10-8/h2-3,5,12H,4H2,1H3,(H,10,11). The van der Waals surface area contributed by atoms with Crippen LogP contribution in [0.4, 0.5) is 0 Å². The molecule has 68 valence electrons. The third-order valence-electron chi connectivity index (χ3n) is 2.02. The number of H-pyrrole nitrogens is 1. The van der Waals surface area contributed by atoms with Crippen molar-refractivity contribution in [2.24, 2.45) is 0 Å². The Hall–Kier alpha value is -1.00. The summed E-state index contributed by atoms with van der Waals surface area (Å²) in [4.78, 5) is 8.40. The second-order valence-corrected chi connectivity index (χ2v) is 3.56. The van der Waals surface area contributed by atoms with Gasteiger partial charge >= 0.3 is 0 Å². The predicted octanol–water partition coefficient (Wildman–Crippen LogP) is 1.78. The molecule has 2 aromatic rings. The number of benzene rings is 1. The van der Waals surface area contributed by atoms with E-state index in [-0.39, 0.29) is 6.61 Å². The molecule has 0 radical (unpaired) electrons. The van der Waals surface area contributed by atoms with E-state index in [4.69, 9.17) is 5.11 Å². The summed E-state index contributed by atoms with van der Waals surface area (Å²) >= 11 is 1.67. The summed E-state index contributed by atoms with van der Waals surface area (Å²) in [7, 11) is 0. The second-order valence-electron chi connectivity index (χ2n) is 2.71. The molecule has 13 heavy (non-hydrogen) atoms. The number of fused-ring (bicyclic) bond motifs is 1. The largest absolute Gasteiger partial charge is 0.392 e. The smallest absolute Gasteiger partial charge is 0.0949 e. The Balaban J connectivity index is 2.74. The number of thioether (sulfide) groups is 1. The van der Waals surface area contributed by atoms with E-state index in [1.54, 1.807) is 18.1 Å². The van der Waals surface area contributed by atoms with Crippen molar-refractivity contribution >= 4 is 22.8 Å². The molecule has 0 atom stereocenters. The molecule has 2 rings (SSSR count). The van der Waals surface area contributed by atoms with Crippen molar-refractivity contribution in [2.75, 3.05) is 6.26 Å². The predicted molar refractivity (Wildman–Crippen MR) is 53.8 cm³/mol. The number of aromatic amines is 1. The monoisotopic (exact) mass is 194 g/mol. The molecule has 0 saturated carbocycles. The van der Waals surface area contributed by atoms with Gasteiger partial charge in [0.1, 0.15) is 0 Å². The van der Waals surface area contributed by atoms with Gasteiger partial charge in [-0.15, -0.1) is 11.8 Å². The summed E-state index contributed by atoms with van der Waals surface area (Å²) in [6.45, 7) is 0.0377. The van der Waals surface area contributed by atoms with Crippen molar-refractivity contribution in [1.29, 1.82) is 0 Å². The van der Waals surface area contributed by atoms with Crippen molar-refractivity contribution < 1.29 is 5.11 Å². The Labute approximate surface area is 80.2 Å². The Morgan fingerprint density at radius 3 is 3.08 bits per heavy atom. The van der Waals surface area contributed by atoms with E-state index >= 15 is 0 Å². The molecule has 1 aromatic heterocycles.